The van der Waals surface area contributed by atoms with Crippen molar-refractivity contribution >= 4 is 23.4 Å². The number of aryl methyl sites for hydroxylation is 1. The lowest BCUT2D eigenvalue weighted by Crippen LogP contribution is -2.39. The molecular formula is C21H24N2O2S. The minimum atomic E-state index is -0.0984. The lowest BCUT2D eigenvalue weighted by Gasteiger charge is -2.15. The molecule has 0 aliphatic carbocycles. The Morgan fingerprint density at radius 2 is 1.88 bits per heavy atom. The van der Waals surface area contributed by atoms with Crippen LogP contribution in [-0.4, -0.2) is 18.5 Å². The third-order valence-corrected chi connectivity index (χ3v) is 5.33. The summed E-state index contributed by atoms with van der Waals surface area (Å²) in [5.74, 6) is 0.929. The number of carbonyl (C=O) groups is 1. The van der Waals surface area contributed by atoms with Crippen LogP contribution in [0.5, 0.6) is 5.75 Å². The number of ether oxygens (including phenoxy) is 1. The van der Waals surface area contributed by atoms with E-state index in [-0.39, 0.29) is 11.4 Å². The molecule has 2 aromatic carbocycles. The summed E-state index contributed by atoms with van der Waals surface area (Å²) in [6.07, 6.45) is 2.23. The molecule has 136 valence electrons. The van der Waals surface area contributed by atoms with Gasteiger partial charge < -0.3 is 15.4 Å². The van der Waals surface area contributed by atoms with Crippen LogP contribution in [0.1, 0.15) is 30.9 Å². The van der Waals surface area contributed by atoms with Crippen LogP contribution in [0.4, 0.5) is 0 Å². The number of allylic oxidation sites excluding steroid dienone is 1. The molecule has 0 saturated heterocycles. The average Bonchev–Trinajstić information content (AvgIpc) is 3.03. The fourth-order valence-corrected chi connectivity index (χ4v) is 3.93. The molecule has 1 aliphatic heterocycles. The van der Waals surface area contributed by atoms with Crippen LogP contribution < -0.4 is 15.4 Å². The van der Waals surface area contributed by atoms with Crippen molar-refractivity contribution in [3.8, 4) is 5.75 Å². The fraction of sp³-hybridized carbons (Fsp3) is 0.286. The van der Waals surface area contributed by atoms with Crippen LogP contribution in [0.3, 0.4) is 0 Å². The maximum Gasteiger partial charge on any atom is 0.222 e. The fourth-order valence-electron chi connectivity index (χ4n) is 2.92. The highest BCUT2D eigenvalue weighted by atomic mass is 32.2. The first-order chi connectivity index (χ1) is 12.7. The molecule has 1 amide bonds. The van der Waals surface area contributed by atoms with Crippen LogP contribution in [0.15, 0.2) is 59.5 Å². The van der Waals surface area contributed by atoms with Crippen LogP contribution in [0.25, 0.3) is 5.70 Å². The Morgan fingerprint density at radius 1 is 1.15 bits per heavy atom. The normalized spacial score (nSPS) is 16.3. The number of rotatable bonds is 7. The molecule has 2 aromatic rings. The van der Waals surface area contributed by atoms with E-state index in [1.165, 1.54) is 10.5 Å². The molecule has 4 nitrogen and oxygen atoms in total. The zero-order valence-corrected chi connectivity index (χ0v) is 15.9. The second kappa shape index (κ2) is 8.81. The van der Waals surface area contributed by atoms with Crippen molar-refractivity contribution in [2.75, 3.05) is 7.11 Å². The van der Waals surface area contributed by atoms with Gasteiger partial charge in [0.15, 0.2) is 5.50 Å². The van der Waals surface area contributed by atoms with E-state index in [4.69, 9.17) is 4.74 Å². The van der Waals surface area contributed by atoms with Gasteiger partial charge in [-0.2, -0.15) is 0 Å². The summed E-state index contributed by atoms with van der Waals surface area (Å²) in [5.41, 5.74) is 3.36. The molecule has 0 fully saturated rings. The molecule has 0 aromatic heterocycles. The smallest absolute Gasteiger partial charge is 0.222 e. The molecular weight excluding hydrogens is 344 g/mol. The maximum atomic E-state index is 12.2. The molecule has 0 saturated carbocycles. The quantitative estimate of drug-likeness (QED) is 0.771. The Morgan fingerprint density at radius 3 is 2.58 bits per heavy atom. The number of amides is 1. The highest BCUT2D eigenvalue weighted by Gasteiger charge is 2.23. The van der Waals surface area contributed by atoms with E-state index in [1.54, 1.807) is 18.9 Å². The maximum absolute atomic E-state index is 12.2. The third-order valence-electron chi connectivity index (χ3n) is 4.31. The number of methoxy groups -OCH3 is 1. The lowest BCUT2D eigenvalue weighted by molar-refractivity contribution is -0.121. The average molecular weight is 369 g/mol. The number of thioether (sulfide) groups is 1. The number of hydrogen-bond donors (Lipinski definition) is 2. The summed E-state index contributed by atoms with van der Waals surface area (Å²) < 4.78 is 5.16. The molecule has 1 heterocycles. The van der Waals surface area contributed by atoms with Crippen molar-refractivity contribution in [2.45, 2.75) is 31.7 Å². The lowest BCUT2D eigenvalue weighted by atomic mass is 10.1. The minimum Gasteiger partial charge on any atom is -0.497 e. The molecule has 2 N–H and O–H groups in total. The third kappa shape index (κ3) is 4.82. The van der Waals surface area contributed by atoms with E-state index in [1.807, 2.05) is 42.5 Å². The molecule has 1 aliphatic rings. The Balaban J connectivity index is 1.43. The topological polar surface area (TPSA) is 50.4 Å². The highest BCUT2D eigenvalue weighted by Crippen LogP contribution is 2.33. The predicted molar refractivity (Wildman–Crippen MR) is 108 cm³/mol. The summed E-state index contributed by atoms with van der Waals surface area (Å²) in [6, 6.07) is 18.2. The van der Waals surface area contributed by atoms with Crippen molar-refractivity contribution in [3.63, 3.8) is 0 Å². The molecule has 0 radical (unpaired) electrons. The number of carbonyl (C=O) groups excluding carboxylic acids is 1. The van der Waals surface area contributed by atoms with Gasteiger partial charge in [-0.05, 0) is 43.0 Å². The van der Waals surface area contributed by atoms with Crippen LogP contribution >= 0.6 is 11.8 Å². The van der Waals surface area contributed by atoms with Gasteiger partial charge in [-0.1, -0.05) is 54.2 Å². The van der Waals surface area contributed by atoms with Crippen molar-refractivity contribution in [1.82, 2.24) is 10.6 Å². The van der Waals surface area contributed by atoms with Gasteiger partial charge in [0.25, 0.3) is 0 Å². The molecule has 0 unspecified atom stereocenters. The molecule has 0 bridgehead atoms. The molecule has 26 heavy (non-hydrogen) atoms. The number of nitrogens with one attached hydrogen (secondary N) is 2. The second-order valence-corrected chi connectivity index (χ2v) is 7.53. The summed E-state index contributed by atoms with van der Waals surface area (Å²) >= 11 is 1.65. The molecule has 0 spiro atoms. The Bertz CT molecular complexity index is 772. The first kappa shape index (κ1) is 18.4. The summed E-state index contributed by atoms with van der Waals surface area (Å²) in [7, 11) is 1.66. The van der Waals surface area contributed by atoms with Gasteiger partial charge in [0.1, 0.15) is 5.75 Å². The second-order valence-electron chi connectivity index (χ2n) is 6.21. The Kier molecular flexibility index (Phi) is 6.23. The standard InChI is InChI=1S/C21H24N2O2S/c1-15-20(17-8-4-3-5-9-17)23-21(26-15)22-19(24)10-6-7-16-11-13-18(25-2)14-12-16/h3-5,8-9,11-14,21,23H,6-7,10H2,1-2H3,(H,22,24)/t21-/m0/s1. The van der Waals surface area contributed by atoms with Crippen LogP contribution in [0, 0.1) is 0 Å². The predicted octanol–water partition coefficient (Wildman–Crippen LogP) is 4.14. The Hall–Kier alpha value is -2.40. The van der Waals surface area contributed by atoms with E-state index in [0.717, 1.165) is 29.9 Å². The number of benzene rings is 2. The monoisotopic (exact) mass is 368 g/mol. The van der Waals surface area contributed by atoms with Gasteiger partial charge in [0, 0.05) is 11.3 Å². The van der Waals surface area contributed by atoms with Gasteiger partial charge in [-0.15, -0.1) is 0 Å². The molecule has 5 heteroatoms. The zero-order valence-electron chi connectivity index (χ0n) is 15.1. The van der Waals surface area contributed by atoms with Crippen molar-refractivity contribution in [2.24, 2.45) is 0 Å². The van der Waals surface area contributed by atoms with Crippen molar-refractivity contribution < 1.29 is 9.53 Å². The Labute approximate surface area is 159 Å². The molecule has 1 atom stereocenters. The van der Waals surface area contributed by atoms with Gasteiger partial charge in [0.2, 0.25) is 5.91 Å². The van der Waals surface area contributed by atoms with Crippen LogP contribution in [0.2, 0.25) is 0 Å². The van der Waals surface area contributed by atoms with Gasteiger partial charge in [-0.25, -0.2) is 0 Å². The zero-order chi connectivity index (χ0) is 18.4. The van der Waals surface area contributed by atoms with Gasteiger partial charge in [0.05, 0.1) is 12.8 Å². The molecule has 3 rings (SSSR count). The van der Waals surface area contributed by atoms with E-state index in [2.05, 4.69) is 29.7 Å². The summed E-state index contributed by atoms with van der Waals surface area (Å²) in [5, 5.41) is 6.47. The van der Waals surface area contributed by atoms with E-state index >= 15 is 0 Å². The van der Waals surface area contributed by atoms with Crippen molar-refractivity contribution in [3.05, 3.63) is 70.6 Å². The van der Waals surface area contributed by atoms with E-state index in [0.29, 0.717) is 6.42 Å². The van der Waals surface area contributed by atoms with E-state index < -0.39 is 0 Å². The summed E-state index contributed by atoms with van der Waals surface area (Å²) in [4.78, 5) is 13.4. The first-order valence-electron chi connectivity index (χ1n) is 8.77. The SMILES string of the molecule is COc1ccc(CCCC(=O)N[C@H]2NC(c3ccccc3)=C(C)S2)cc1. The van der Waals surface area contributed by atoms with Gasteiger partial charge >= 0.3 is 0 Å². The first-order valence-corrected chi connectivity index (χ1v) is 9.65. The minimum absolute atomic E-state index is 0.0747. The largest absolute Gasteiger partial charge is 0.497 e. The van der Waals surface area contributed by atoms with Crippen LogP contribution in [-0.2, 0) is 11.2 Å². The van der Waals surface area contributed by atoms with Gasteiger partial charge in [-0.3, -0.25) is 4.79 Å². The highest BCUT2D eigenvalue weighted by molar-refractivity contribution is 8.04. The summed E-state index contributed by atoms with van der Waals surface area (Å²) in [6.45, 7) is 2.08. The van der Waals surface area contributed by atoms with E-state index in [9.17, 15) is 4.79 Å². The van der Waals surface area contributed by atoms with Crippen molar-refractivity contribution in [1.29, 1.82) is 0 Å². The number of hydrogen-bond acceptors (Lipinski definition) is 4.